The highest BCUT2D eigenvalue weighted by atomic mass is 16.6. The van der Waals surface area contributed by atoms with E-state index in [0.29, 0.717) is 18.7 Å². The van der Waals surface area contributed by atoms with E-state index >= 15 is 0 Å². The van der Waals surface area contributed by atoms with Crippen LogP contribution in [0.4, 0.5) is 5.69 Å². The maximum absolute atomic E-state index is 12.5. The van der Waals surface area contributed by atoms with Crippen molar-refractivity contribution >= 4 is 17.5 Å². The smallest absolute Gasteiger partial charge is 0.238 e. The second-order valence-corrected chi connectivity index (χ2v) is 8.78. The van der Waals surface area contributed by atoms with Crippen LogP contribution in [-0.2, 0) is 20.9 Å². The summed E-state index contributed by atoms with van der Waals surface area (Å²) in [6, 6.07) is 9.28. The van der Waals surface area contributed by atoms with Crippen LogP contribution in [0.25, 0.3) is 0 Å². The number of anilines is 1. The van der Waals surface area contributed by atoms with Crippen molar-refractivity contribution < 1.29 is 24.2 Å². The van der Waals surface area contributed by atoms with Crippen LogP contribution in [-0.4, -0.2) is 72.4 Å². The van der Waals surface area contributed by atoms with Gasteiger partial charge in [-0.15, -0.1) is 0 Å². The van der Waals surface area contributed by atoms with E-state index in [1.165, 1.54) is 0 Å². The summed E-state index contributed by atoms with van der Waals surface area (Å²) in [6.45, 7) is 0.513. The van der Waals surface area contributed by atoms with Gasteiger partial charge in [-0.1, -0.05) is 0 Å². The Bertz CT molecular complexity index is 984. The summed E-state index contributed by atoms with van der Waals surface area (Å²) in [5.74, 6) is 0.477. The van der Waals surface area contributed by atoms with Crippen LogP contribution in [0.5, 0.6) is 5.75 Å². The topological polar surface area (TPSA) is 113 Å². The van der Waals surface area contributed by atoms with Crippen molar-refractivity contribution in [1.29, 1.82) is 0 Å². The molecule has 176 valence electrons. The largest absolute Gasteiger partial charge is 0.487 e. The first-order chi connectivity index (χ1) is 15.9. The zero-order valence-corrected chi connectivity index (χ0v) is 18.9. The summed E-state index contributed by atoms with van der Waals surface area (Å²) in [5, 5.41) is 15.7. The summed E-state index contributed by atoms with van der Waals surface area (Å²) in [5.41, 5.74) is 2.63. The van der Waals surface area contributed by atoms with E-state index in [4.69, 9.17) is 9.47 Å². The number of hydrogen-bond acceptors (Lipinski definition) is 7. The van der Waals surface area contributed by atoms with Crippen LogP contribution in [0.1, 0.15) is 29.9 Å². The predicted molar refractivity (Wildman–Crippen MR) is 122 cm³/mol. The number of pyridine rings is 1. The zero-order chi connectivity index (χ0) is 23.4. The van der Waals surface area contributed by atoms with Gasteiger partial charge in [0.25, 0.3) is 0 Å². The Labute approximate surface area is 193 Å². The average Bonchev–Trinajstić information content (AvgIpc) is 3.15. The Morgan fingerprint density at radius 3 is 2.70 bits per heavy atom. The Hall–Kier alpha value is -3.01. The molecule has 0 aliphatic carbocycles. The standard InChI is InChI=1S/C24H30N4O5/c1-28(2)13-23(31)27-16-3-4-20-18(9-16)19-10-17(32-21(14-29)24(19)33-20)11-22(30)26-12-15-5-7-25-8-6-15/h3-9,17,19,21,24,29H,10-14H2,1-2H3,(H,26,30)(H,27,31)/t17-,19-,21-,24+/m0/s1. The number of aliphatic hydroxyl groups is 1. The van der Waals surface area contributed by atoms with Crippen LogP contribution in [0, 0.1) is 0 Å². The van der Waals surface area contributed by atoms with E-state index in [1.54, 1.807) is 17.3 Å². The molecule has 2 amide bonds. The van der Waals surface area contributed by atoms with Crippen molar-refractivity contribution in [2.75, 3.05) is 32.6 Å². The van der Waals surface area contributed by atoms with Gasteiger partial charge in [-0.2, -0.15) is 0 Å². The molecular weight excluding hydrogens is 424 g/mol. The molecule has 0 saturated carbocycles. The lowest BCUT2D eigenvalue weighted by Crippen LogP contribution is -2.47. The van der Waals surface area contributed by atoms with Gasteiger partial charge in [0.1, 0.15) is 18.0 Å². The highest BCUT2D eigenvalue weighted by Gasteiger charge is 2.46. The van der Waals surface area contributed by atoms with Crippen molar-refractivity contribution in [3.05, 3.63) is 53.9 Å². The van der Waals surface area contributed by atoms with Gasteiger partial charge >= 0.3 is 0 Å². The molecule has 0 bridgehead atoms. The summed E-state index contributed by atoms with van der Waals surface area (Å²) >= 11 is 0. The second kappa shape index (κ2) is 10.3. The zero-order valence-electron chi connectivity index (χ0n) is 18.9. The molecule has 9 heteroatoms. The maximum atomic E-state index is 12.5. The third-order valence-corrected chi connectivity index (χ3v) is 5.90. The monoisotopic (exact) mass is 454 g/mol. The van der Waals surface area contributed by atoms with Gasteiger partial charge in [0, 0.05) is 36.1 Å². The first-order valence-electron chi connectivity index (χ1n) is 11.1. The van der Waals surface area contributed by atoms with Gasteiger partial charge in [-0.25, -0.2) is 0 Å². The third-order valence-electron chi connectivity index (χ3n) is 5.90. The number of nitrogens with one attached hydrogen (secondary N) is 2. The Balaban J connectivity index is 1.42. The number of nitrogens with zero attached hydrogens (tertiary/aromatic N) is 2. The molecule has 0 spiro atoms. The van der Waals surface area contributed by atoms with Crippen LogP contribution in [0.2, 0.25) is 0 Å². The van der Waals surface area contributed by atoms with E-state index in [2.05, 4.69) is 15.6 Å². The molecule has 3 heterocycles. The molecular formula is C24H30N4O5. The fourth-order valence-electron chi connectivity index (χ4n) is 4.43. The van der Waals surface area contributed by atoms with Crippen LogP contribution >= 0.6 is 0 Å². The molecule has 2 aliphatic heterocycles. The van der Waals surface area contributed by atoms with E-state index < -0.39 is 6.10 Å². The summed E-state index contributed by atoms with van der Waals surface area (Å²) in [4.78, 5) is 30.5. The van der Waals surface area contributed by atoms with Gasteiger partial charge in [0.15, 0.2) is 0 Å². The summed E-state index contributed by atoms with van der Waals surface area (Å²) < 4.78 is 12.1. The highest BCUT2D eigenvalue weighted by Crippen LogP contribution is 2.47. The number of ether oxygens (including phenoxy) is 2. The molecule has 1 saturated heterocycles. The Morgan fingerprint density at radius 2 is 1.97 bits per heavy atom. The fourth-order valence-corrected chi connectivity index (χ4v) is 4.43. The predicted octanol–water partition coefficient (Wildman–Crippen LogP) is 1.28. The number of hydrogen-bond donors (Lipinski definition) is 3. The molecule has 4 atom stereocenters. The van der Waals surface area contributed by atoms with E-state index in [-0.39, 0.29) is 49.5 Å². The van der Waals surface area contributed by atoms with Gasteiger partial charge in [0.05, 0.1) is 25.7 Å². The van der Waals surface area contributed by atoms with Crippen LogP contribution < -0.4 is 15.4 Å². The average molecular weight is 455 g/mol. The number of benzene rings is 1. The van der Waals surface area contributed by atoms with Crippen molar-refractivity contribution in [1.82, 2.24) is 15.2 Å². The second-order valence-electron chi connectivity index (χ2n) is 8.78. The number of amides is 2. The summed E-state index contributed by atoms with van der Waals surface area (Å²) in [6.07, 6.45) is 2.96. The molecule has 4 rings (SSSR count). The molecule has 2 aliphatic rings. The minimum absolute atomic E-state index is 0.0328. The third kappa shape index (κ3) is 5.68. The normalized spacial score (nSPS) is 23.4. The van der Waals surface area contributed by atoms with Crippen molar-refractivity contribution in [2.45, 2.75) is 43.6 Å². The molecule has 1 aromatic heterocycles. The molecule has 9 nitrogen and oxygen atoms in total. The van der Waals surface area contributed by atoms with Gasteiger partial charge in [0.2, 0.25) is 11.8 Å². The van der Waals surface area contributed by atoms with Crippen molar-refractivity contribution in [2.24, 2.45) is 0 Å². The van der Waals surface area contributed by atoms with Crippen molar-refractivity contribution in [3.63, 3.8) is 0 Å². The van der Waals surface area contributed by atoms with Crippen molar-refractivity contribution in [3.8, 4) is 5.75 Å². The quantitative estimate of drug-likeness (QED) is 0.551. The van der Waals surface area contributed by atoms with Crippen LogP contribution in [0.3, 0.4) is 0 Å². The Kier molecular flexibility index (Phi) is 7.22. The number of aromatic nitrogens is 1. The lowest BCUT2D eigenvalue weighted by molar-refractivity contribution is -0.142. The minimum Gasteiger partial charge on any atom is -0.487 e. The molecule has 1 fully saturated rings. The molecule has 1 aromatic carbocycles. The maximum Gasteiger partial charge on any atom is 0.238 e. The SMILES string of the molecule is CN(C)CC(=O)Nc1ccc2c(c1)[C@@H]1C[C@@H](CC(=O)NCc3ccncc3)O[C@@H](CO)[C@@H]1O2. The van der Waals surface area contributed by atoms with Crippen LogP contribution in [0.15, 0.2) is 42.7 Å². The number of rotatable bonds is 8. The van der Waals surface area contributed by atoms with E-state index in [0.717, 1.165) is 16.9 Å². The molecule has 0 radical (unpaired) electrons. The number of aliphatic hydroxyl groups excluding tert-OH is 1. The highest BCUT2D eigenvalue weighted by molar-refractivity contribution is 5.92. The van der Waals surface area contributed by atoms with Gasteiger partial charge in [-0.3, -0.25) is 14.6 Å². The van der Waals surface area contributed by atoms with Gasteiger partial charge < -0.3 is 30.1 Å². The summed E-state index contributed by atoms with van der Waals surface area (Å²) in [7, 11) is 3.68. The number of carbonyl (C=O) groups is 2. The fraction of sp³-hybridized carbons (Fsp3) is 0.458. The Morgan fingerprint density at radius 1 is 1.18 bits per heavy atom. The molecule has 2 aromatic rings. The lowest BCUT2D eigenvalue weighted by atomic mass is 9.84. The molecule has 3 N–H and O–H groups in total. The number of carbonyl (C=O) groups excluding carboxylic acids is 2. The lowest BCUT2D eigenvalue weighted by Gasteiger charge is -2.37. The first-order valence-corrected chi connectivity index (χ1v) is 11.1. The van der Waals surface area contributed by atoms with E-state index in [1.807, 2.05) is 44.4 Å². The molecule has 33 heavy (non-hydrogen) atoms. The molecule has 0 unspecified atom stereocenters. The van der Waals surface area contributed by atoms with E-state index in [9.17, 15) is 14.7 Å². The number of likely N-dealkylation sites (N-methyl/N-ethyl adjacent to an activating group) is 1. The van der Waals surface area contributed by atoms with Gasteiger partial charge in [-0.05, 0) is 56.4 Å². The number of fused-ring (bicyclic) bond motifs is 3. The minimum atomic E-state index is -0.527. The first kappa shape index (κ1) is 23.2.